The van der Waals surface area contributed by atoms with Crippen molar-refractivity contribution < 1.29 is 42.9 Å². The van der Waals surface area contributed by atoms with E-state index in [0.717, 1.165) is 20.8 Å². The number of carbonyl (C=O) groups is 3. The molecule has 0 bridgehead atoms. The SMILES string of the molecule is CC(=O)OC[C@@H]1O[C@@H](n2c(=O)[nH]c(=O)c3c2no[n+]3[O-])[C@H](OC(C)=O)[C@H]1OC(C)=O. The zero-order valence-electron chi connectivity index (χ0n) is 15.8. The van der Waals surface area contributed by atoms with Crippen molar-refractivity contribution in [1.82, 2.24) is 14.7 Å². The molecule has 0 spiro atoms. The number of nitrogens with zero attached hydrogens (tertiary/aromatic N) is 3. The van der Waals surface area contributed by atoms with Gasteiger partial charge in [0.25, 0.3) is 0 Å². The molecular formula is C15H16N4O11. The number of ether oxygens (including phenoxy) is 4. The Morgan fingerprint density at radius 1 is 1.13 bits per heavy atom. The smallest absolute Gasteiger partial charge is 0.334 e. The summed E-state index contributed by atoms with van der Waals surface area (Å²) in [6.45, 7) is 2.87. The second kappa shape index (κ2) is 7.94. The number of carbonyl (C=O) groups excluding carboxylic acids is 3. The van der Waals surface area contributed by atoms with E-state index in [1.54, 1.807) is 0 Å². The van der Waals surface area contributed by atoms with Crippen LogP contribution in [-0.4, -0.2) is 57.5 Å². The Bertz CT molecular complexity index is 1120. The predicted octanol–water partition coefficient (Wildman–Crippen LogP) is -2.36. The van der Waals surface area contributed by atoms with Crippen LogP contribution in [0.25, 0.3) is 11.2 Å². The standard InChI is InChI=1S/C15H16N4O11/c1-5(20)26-4-8-10(27-6(2)21)11(28-7(3)22)14(29-8)18-12-9(19(25)30-17-12)13(23)16-15(18)24/h8,10-11,14H,4H2,1-3H3,(H,16,23,24)/t8-,10-,11+,14+/m0/s1. The van der Waals surface area contributed by atoms with Gasteiger partial charge in [-0.3, -0.25) is 28.8 Å². The maximum absolute atomic E-state index is 12.5. The van der Waals surface area contributed by atoms with Crippen molar-refractivity contribution in [3.63, 3.8) is 0 Å². The lowest BCUT2D eigenvalue weighted by Crippen LogP contribution is -2.43. The molecule has 30 heavy (non-hydrogen) atoms. The summed E-state index contributed by atoms with van der Waals surface area (Å²) >= 11 is 0. The first-order valence-corrected chi connectivity index (χ1v) is 8.47. The summed E-state index contributed by atoms with van der Waals surface area (Å²) in [4.78, 5) is 60.5. The van der Waals surface area contributed by atoms with E-state index in [4.69, 9.17) is 18.9 Å². The first-order valence-electron chi connectivity index (χ1n) is 8.47. The van der Waals surface area contributed by atoms with Crippen molar-refractivity contribution in [1.29, 1.82) is 0 Å². The van der Waals surface area contributed by atoms with Crippen LogP contribution in [0, 0.1) is 5.21 Å². The van der Waals surface area contributed by atoms with Crippen molar-refractivity contribution in [2.75, 3.05) is 6.61 Å². The van der Waals surface area contributed by atoms with Crippen LogP contribution in [0.5, 0.6) is 0 Å². The minimum atomic E-state index is -1.52. The molecule has 0 amide bonds. The van der Waals surface area contributed by atoms with Crippen LogP contribution in [0.1, 0.15) is 27.0 Å². The van der Waals surface area contributed by atoms with Crippen molar-refractivity contribution in [2.45, 2.75) is 45.3 Å². The van der Waals surface area contributed by atoms with E-state index in [0.29, 0.717) is 4.57 Å². The molecule has 3 heterocycles. The highest BCUT2D eigenvalue weighted by atomic mass is 16.8. The number of hydrogen-bond acceptors (Lipinski definition) is 12. The van der Waals surface area contributed by atoms with E-state index in [-0.39, 0.29) is 4.90 Å². The average Bonchev–Trinajstić information content (AvgIpc) is 3.15. The van der Waals surface area contributed by atoms with Crippen molar-refractivity contribution >= 4 is 29.1 Å². The van der Waals surface area contributed by atoms with Gasteiger partial charge in [0.2, 0.25) is 0 Å². The van der Waals surface area contributed by atoms with Gasteiger partial charge in [-0.2, -0.15) is 0 Å². The largest absolute Gasteiger partial charge is 0.463 e. The Morgan fingerprint density at radius 2 is 1.77 bits per heavy atom. The van der Waals surface area contributed by atoms with E-state index < -0.39 is 71.5 Å². The molecule has 0 unspecified atom stereocenters. The number of hydrogen-bond donors (Lipinski definition) is 1. The van der Waals surface area contributed by atoms with Gasteiger partial charge in [-0.1, -0.05) is 0 Å². The molecule has 1 N–H and O–H groups in total. The van der Waals surface area contributed by atoms with Gasteiger partial charge in [-0.25, -0.2) is 9.36 Å². The van der Waals surface area contributed by atoms with Gasteiger partial charge in [0.05, 0.1) is 5.16 Å². The zero-order valence-corrected chi connectivity index (χ0v) is 15.8. The molecule has 1 aliphatic rings. The highest BCUT2D eigenvalue weighted by molar-refractivity contribution is 5.68. The highest BCUT2D eigenvalue weighted by Crippen LogP contribution is 2.34. The molecule has 2 aromatic rings. The van der Waals surface area contributed by atoms with E-state index in [1.165, 1.54) is 0 Å². The minimum Gasteiger partial charge on any atom is -0.463 e. The van der Waals surface area contributed by atoms with Crippen molar-refractivity contribution in [3.8, 4) is 0 Å². The molecule has 0 saturated carbocycles. The number of esters is 3. The van der Waals surface area contributed by atoms with Gasteiger partial charge in [-0.05, 0) is 4.90 Å². The quantitative estimate of drug-likeness (QED) is 0.302. The average molecular weight is 428 g/mol. The number of aromatic amines is 1. The van der Waals surface area contributed by atoms with Gasteiger partial charge in [-0.15, -0.1) is 0 Å². The third-order valence-electron chi connectivity index (χ3n) is 4.07. The summed E-state index contributed by atoms with van der Waals surface area (Å²) in [5.74, 6) is -2.25. The van der Waals surface area contributed by atoms with Crippen LogP contribution in [-0.2, 0) is 33.3 Å². The van der Waals surface area contributed by atoms with Crippen LogP contribution < -0.4 is 16.2 Å². The monoisotopic (exact) mass is 428 g/mol. The van der Waals surface area contributed by atoms with Crippen molar-refractivity contribution in [2.24, 2.45) is 0 Å². The molecule has 1 saturated heterocycles. The topological polar surface area (TPSA) is 196 Å². The first kappa shape index (κ1) is 21.0. The third-order valence-corrected chi connectivity index (χ3v) is 4.07. The molecule has 1 aliphatic heterocycles. The number of rotatable bonds is 5. The van der Waals surface area contributed by atoms with Crippen LogP contribution >= 0.6 is 0 Å². The highest BCUT2D eigenvalue weighted by Gasteiger charge is 2.52. The van der Waals surface area contributed by atoms with E-state index in [2.05, 4.69) is 9.79 Å². The van der Waals surface area contributed by atoms with Gasteiger partial charge in [0, 0.05) is 20.8 Å². The van der Waals surface area contributed by atoms with Gasteiger partial charge < -0.3 is 24.2 Å². The Hall–Kier alpha value is -3.75. The van der Waals surface area contributed by atoms with Gasteiger partial charge in [0.1, 0.15) is 12.7 Å². The summed E-state index contributed by atoms with van der Waals surface area (Å²) in [6, 6.07) is 0. The molecule has 2 aromatic heterocycles. The number of aromatic nitrogens is 4. The maximum atomic E-state index is 12.5. The normalized spacial score (nSPS) is 23.3. The molecule has 3 rings (SSSR count). The number of fused-ring (bicyclic) bond motifs is 1. The van der Waals surface area contributed by atoms with Gasteiger partial charge in [0.15, 0.2) is 18.4 Å². The summed E-state index contributed by atoms with van der Waals surface area (Å²) in [6.07, 6.45) is -5.39. The van der Waals surface area contributed by atoms with Crippen LogP contribution in [0.4, 0.5) is 0 Å². The Morgan fingerprint density at radius 3 is 2.37 bits per heavy atom. The van der Waals surface area contributed by atoms with Crippen LogP contribution in [0.15, 0.2) is 14.2 Å². The first-order chi connectivity index (χ1) is 14.1. The molecule has 162 valence electrons. The molecule has 0 aliphatic carbocycles. The van der Waals surface area contributed by atoms with Gasteiger partial charge >= 0.3 is 40.3 Å². The summed E-state index contributed by atoms with van der Waals surface area (Å²) in [5.41, 5.74) is -3.29. The molecule has 4 atom stereocenters. The molecular weight excluding hydrogens is 412 g/mol. The summed E-state index contributed by atoms with van der Waals surface area (Å²) in [5, 5.41) is 15.1. The lowest BCUT2D eigenvalue weighted by molar-refractivity contribution is -0.782. The number of nitrogens with one attached hydrogen (secondary N) is 1. The fraction of sp³-hybridized carbons (Fsp3) is 0.533. The number of H-pyrrole nitrogens is 1. The third kappa shape index (κ3) is 3.86. The molecule has 1 fully saturated rings. The fourth-order valence-corrected chi connectivity index (χ4v) is 3.03. The molecule has 0 aromatic carbocycles. The molecule has 15 nitrogen and oxygen atoms in total. The van der Waals surface area contributed by atoms with E-state index in [9.17, 15) is 29.2 Å². The lowest BCUT2D eigenvalue weighted by Gasteiger charge is -2.23. The molecule has 0 radical (unpaired) electrons. The second-order valence-corrected chi connectivity index (χ2v) is 6.25. The van der Waals surface area contributed by atoms with E-state index >= 15 is 0 Å². The summed E-state index contributed by atoms with van der Waals surface area (Å²) < 4.78 is 26.0. The zero-order chi connectivity index (χ0) is 22.2. The van der Waals surface area contributed by atoms with Crippen molar-refractivity contribution in [3.05, 3.63) is 26.0 Å². The predicted molar refractivity (Wildman–Crippen MR) is 89.5 cm³/mol. The maximum Gasteiger partial charge on any atom is 0.334 e. The van der Waals surface area contributed by atoms with E-state index in [1.807, 2.05) is 4.98 Å². The summed E-state index contributed by atoms with van der Waals surface area (Å²) in [7, 11) is 0. The minimum absolute atomic E-state index is 0.222. The Labute approximate surface area is 165 Å². The van der Waals surface area contributed by atoms with Crippen LogP contribution in [0.2, 0.25) is 0 Å². The molecule has 15 heteroatoms. The lowest BCUT2D eigenvalue weighted by atomic mass is 10.1. The van der Waals surface area contributed by atoms with Crippen LogP contribution in [0.3, 0.4) is 0 Å². The Kier molecular flexibility index (Phi) is 5.55. The second-order valence-electron chi connectivity index (χ2n) is 6.25. The Balaban J connectivity index is 2.14. The fourth-order valence-electron chi connectivity index (χ4n) is 3.03.